The lowest BCUT2D eigenvalue weighted by Crippen LogP contribution is -2.38. The zero-order chi connectivity index (χ0) is 12.3. The van der Waals surface area contributed by atoms with Gasteiger partial charge in [0.05, 0.1) is 0 Å². The molecule has 2 rings (SSSR count). The van der Waals surface area contributed by atoms with Crippen LogP contribution in [0.4, 0.5) is 0 Å². The number of nitrogens with one attached hydrogen (secondary N) is 1. The SMILES string of the molecule is CC1CCCC(CN2CCC(NC(C)C)C2)C1. The van der Waals surface area contributed by atoms with Crippen molar-refractivity contribution >= 4 is 0 Å². The van der Waals surface area contributed by atoms with Crippen LogP contribution in [0.15, 0.2) is 0 Å². The van der Waals surface area contributed by atoms with Gasteiger partial charge in [-0.3, -0.25) is 0 Å². The molecule has 1 N–H and O–H groups in total. The van der Waals surface area contributed by atoms with Crippen LogP contribution in [-0.2, 0) is 0 Å². The van der Waals surface area contributed by atoms with Crippen LogP contribution in [0, 0.1) is 11.8 Å². The van der Waals surface area contributed by atoms with Gasteiger partial charge in [-0.05, 0) is 37.6 Å². The van der Waals surface area contributed by atoms with Gasteiger partial charge in [-0.2, -0.15) is 0 Å². The molecule has 1 aliphatic heterocycles. The molecule has 0 aromatic rings. The highest BCUT2D eigenvalue weighted by Gasteiger charge is 2.26. The van der Waals surface area contributed by atoms with Crippen molar-refractivity contribution in [2.45, 2.75) is 65.0 Å². The molecule has 2 heteroatoms. The molecule has 3 unspecified atom stereocenters. The zero-order valence-electron chi connectivity index (χ0n) is 11.9. The van der Waals surface area contributed by atoms with E-state index in [0.717, 1.165) is 17.9 Å². The van der Waals surface area contributed by atoms with Crippen LogP contribution in [0.5, 0.6) is 0 Å². The molecule has 1 saturated carbocycles. The van der Waals surface area contributed by atoms with E-state index in [4.69, 9.17) is 0 Å². The van der Waals surface area contributed by atoms with Crippen LogP contribution in [0.3, 0.4) is 0 Å². The lowest BCUT2D eigenvalue weighted by molar-refractivity contribution is 0.200. The van der Waals surface area contributed by atoms with E-state index < -0.39 is 0 Å². The van der Waals surface area contributed by atoms with Crippen molar-refractivity contribution in [1.29, 1.82) is 0 Å². The molecular weight excluding hydrogens is 208 g/mol. The molecule has 2 nitrogen and oxygen atoms in total. The normalized spacial score (nSPS) is 35.6. The van der Waals surface area contributed by atoms with Crippen molar-refractivity contribution in [2.75, 3.05) is 19.6 Å². The fourth-order valence-electron chi connectivity index (χ4n) is 3.70. The summed E-state index contributed by atoms with van der Waals surface area (Å²) >= 11 is 0. The fourth-order valence-corrected chi connectivity index (χ4v) is 3.70. The zero-order valence-corrected chi connectivity index (χ0v) is 11.9. The molecule has 2 fully saturated rings. The largest absolute Gasteiger partial charge is 0.310 e. The van der Waals surface area contributed by atoms with Crippen molar-refractivity contribution in [3.8, 4) is 0 Å². The van der Waals surface area contributed by atoms with E-state index in [-0.39, 0.29) is 0 Å². The molecule has 0 bridgehead atoms. The second kappa shape index (κ2) is 6.19. The van der Waals surface area contributed by atoms with Gasteiger partial charge in [0.25, 0.3) is 0 Å². The first-order chi connectivity index (χ1) is 8.13. The third-order valence-corrected chi connectivity index (χ3v) is 4.40. The Labute approximate surface area is 107 Å². The Kier molecular flexibility index (Phi) is 4.87. The highest BCUT2D eigenvalue weighted by molar-refractivity contribution is 4.84. The number of likely N-dealkylation sites (tertiary alicyclic amines) is 1. The van der Waals surface area contributed by atoms with Gasteiger partial charge in [-0.15, -0.1) is 0 Å². The predicted octanol–water partition coefficient (Wildman–Crippen LogP) is 2.89. The summed E-state index contributed by atoms with van der Waals surface area (Å²) in [4.78, 5) is 2.70. The second-order valence-electron chi connectivity index (χ2n) is 6.70. The minimum absolute atomic E-state index is 0.634. The molecule has 17 heavy (non-hydrogen) atoms. The average molecular weight is 238 g/mol. The van der Waals surface area contributed by atoms with E-state index in [1.165, 1.54) is 51.7 Å². The first kappa shape index (κ1) is 13.4. The van der Waals surface area contributed by atoms with Crippen molar-refractivity contribution in [3.63, 3.8) is 0 Å². The summed E-state index contributed by atoms with van der Waals surface area (Å²) in [5.74, 6) is 1.96. The molecule has 0 amide bonds. The van der Waals surface area contributed by atoms with E-state index in [2.05, 4.69) is 31.0 Å². The van der Waals surface area contributed by atoms with Crippen molar-refractivity contribution < 1.29 is 0 Å². The summed E-state index contributed by atoms with van der Waals surface area (Å²) in [6.45, 7) is 10.9. The summed E-state index contributed by atoms with van der Waals surface area (Å²) < 4.78 is 0. The molecule has 1 aliphatic carbocycles. The molecule has 3 atom stereocenters. The summed E-state index contributed by atoms with van der Waals surface area (Å²) in [6, 6.07) is 1.38. The first-order valence-corrected chi connectivity index (χ1v) is 7.62. The van der Waals surface area contributed by atoms with Crippen LogP contribution in [0.25, 0.3) is 0 Å². The van der Waals surface area contributed by atoms with E-state index >= 15 is 0 Å². The maximum absolute atomic E-state index is 3.68. The molecular formula is C15H30N2. The molecule has 0 radical (unpaired) electrons. The Morgan fingerprint density at radius 2 is 2.06 bits per heavy atom. The average Bonchev–Trinajstić information content (AvgIpc) is 2.64. The maximum Gasteiger partial charge on any atom is 0.0209 e. The topological polar surface area (TPSA) is 15.3 Å². The molecule has 0 spiro atoms. The van der Waals surface area contributed by atoms with E-state index in [1.54, 1.807) is 0 Å². The smallest absolute Gasteiger partial charge is 0.0209 e. The minimum Gasteiger partial charge on any atom is -0.310 e. The van der Waals surface area contributed by atoms with Gasteiger partial charge >= 0.3 is 0 Å². The standard InChI is InChI=1S/C15H30N2/c1-12(2)16-15-7-8-17(11-15)10-14-6-4-5-13(3)9-14/h12-16H,4-11H2,1-3H3. The summed E-state index contributed by atoms with van der Waals surface area (Å²) in [5, 5.41) is 3.68. The van der Waals surface area contributed by atoms with Gasteiger partial charge in [-0.25, -0.2) is 0 Å². The molecule has 0 aromatic heterocycles. The lowest BCUT2D eigenvalue weighted by atomic mass is 9.82. The number of rotatable bonds is 4. The van der Waals surface area contributed by atoms with Crippen LogP contribution >= 0.6 is 0 Å². The van der Waals surface area contributed by atoms with E-state index in [9.17, 15) is 0 Å². The van der Waals surface area contributed by atoms with Gasteiger partial charge in [0.15, 0.2) is 0 Å². The Balaban J connectivity index is 1.70. The fraction of sp³-hybridized carbons (Fsp3) is 1.00. The van der Waals surface area contributed by atoms with Crippen LogP contribution < -0.4 is 5.32 Å². The van der Waals surface area contributed by atoms with Crippen LogP contribution in [-0.4, -0.2) is 36.6 Å². The third-order valence-electron chi connectivity index (χ3n) is 4.40. The quantitative estimate of drug-likeness (QED) is 0.810. The van der Waals surface area contributed by atoms with Gasteiger partial charge < -0.3 is 10.2 Å². The third kappa shape index (κ3) is 4.26. The van der Waals surface area contributed by atoms with Gasteiger partial charge in [-0.1, -0.05) is 33.6 Å². The van der Waals surface area contributed by atoms with Gasteiger partial charge in [0, 0.05) is 25.2 Å². The van der Waals surface area contributed by atoms with Crippen LogP contribution in [0.1, 0.15) is 52.9 Å². The monoisotopic (exact) mass is 238 g/mol. The Hall–Kier alpha value is -0.0800. The Morgan fingerprint density at radius 1 is 1.24 bits per heavy atom. The van der Waals surface area contributed by atoms with E-state index in [0.29, 0.717) is 6.04 Å². The number of hydrogen-bond acceptors (Lipinski definition) is 2. The Bertz CT molecular complexity index is 227. The second-order valence-corrected chi connectivity index (χ2v) is 6.70. The number of nitrogens with zero attached hydrogens (tertiary/aromatic N) is 1. The molecule has 1 saturated heterocycles. The molecule has 100 valence electrons. The van der Waals surface area contributed by atoms with Gasteiger partial charge in [0.1, 0.15) is 0 Å². The number of hydrogen-bond donors (Lipinski definition) is 1. The maximum atomic E-state index is 3.68. The van der Waals surface area contributed by atoms with Crippen molar-refractivity contribution in [1.82, 2.24) is 10.2 Å². The minimum atomic E-state index is 0.634. The van der Waals surface area contributed by atoms with Crippen LogP contribution in [0.2, 0.25) is 0 Å². The highest BCUT2D eigenvalue weighted by Crippen LogP contribution is 2.29. The van der Waals surface area contributed by atoms with Gasteiger partial charge in [0.2, 0.25) is 0 Å². The Morgan fingerprint density at radius 3 is 2.76 bits per heavy atom. The highest BCUT2D eigenvalue weighted by atomic mass is 15.2. The summed E-state index contributed by atoms with van der Waals surface area (Å²) in [7, 11) is 0. The van der Waals surface area contributed by atoms with Crippen molar-refractivity contribution in [3.05, 3.63) is 0 Å². The summed E-state index contributed by atoms with van der Waals surface area (Å²) in [6.07, 6.45) is 7.23. The van der Waals surface area contributed by atoms with Crippen molar-refractivity contribution in [2.24, 2.45) is 11.8 Å². The molecule has 1 heterocycles. The van der Waals surface area contributed by atoms with E-state index in [1.807, 2.05) is 0 Å². The molecule has 2 aliphatic rings. The molecule has 0 aromatic carbocycles. The first-order valence-electron chi connectivity index (χ1n) is 7.62. The summed E-state index contributed by atoms with van der Waals surface area (Å²) in [5.41, 5.74) is 0. The predicted molar refractivity (Wildman–Crippen MR) is 74.2 cm³/mol. The lowest BCUT2D eigenvalue weighted by Gasteiger charge is -2.30.